The van der Waals surface area contributed by atoms with Gasteiger partial charge in [0.05, 0.1) is 11.7 Å². The van der Waals surface area contributed by atoms with Crippen LogP contribution in [0.4, 0.5) is 0 Å². The first-order valence-corrected chi connectivity index (χ1v) is 7.61. The number of nitrogens with zero attached hydrogens (tertiary/aromatic N) is 2. The van der Waals surface area contributed by atoms with Crippen LogP contribution in [0.15, 0.2) is 60.9 Å². The van der Waals surface area contributed by atoms with Crippen molar-refractivity contribution >= 4 is 21.7 Å². The summed E-state index contributed by atoms with van der Waals surface area (Å²) < 4.78 is 2.36. The van der Waals surface area contributed by atoms with Crippen LogP contribution in [0, 0.1) is 13.8 Å². The number of pyridine rings is 1. The van der Waals surface area contributed by atoms with Gasteiger partial charge in [-0.15, -0.1) is 0 Å². The molecule has 0 aliphatic rings. The number of benzene rings is 2. The van der Waals surface area contributed by atoms with Crippen LogP contribution in [0.3, 0.4) is 0 Å². The maximum absolute atomic E-state index is 4.30. The van der Waals surface area contributed by atoms with Gasteiger partial charge in [0.1, 0.15) is 0 Å². The number of aromatic nitrogens is 2. The van der Waals surface area contributed by atoms with Gasteiger partial charge in [0.2, 0.25) is 0 Å². The van der Waals surface area contributed by atoms with E-state index in [-0.39, 0.29) is 0 Å². The predicted octanol–water partition coefficient (Wildman–Crippen LogP) is 4.85. The van der Waals surface area contributed by atoms with Crippen molar-refractivity contribution < 1.29 is 0 Å². The van der Waals surface area contributed by atoms with E-state index < -0.39 is 0 Å². The summed E-state index contributed by atoms with van der Waals surface area (Å²) in [6.45, 7) is 5.26. The molecule has 0 saturated heterocycles. The molecule has 0 fully saturated rings. The molecule has 2 aromatic heterocycles. The standard InChI is InChI=1S/C20H18N2/c1-14-15(2)22(20-12-21-10-9-19(14)20)13-16-7-8-17-5-3-4-6-18(17)11-16/h3-12H,13H2,1-2H3. The molecule has 2 aromatic carbocycles. The van der Waals surface area contributed by atoms with Crippen LogP contribution in [0.25, 0.3) is 21.7 Å². The van der Waals surface area contributed by atoms with Gasteiger partial charge < -0.3 is 4.57 Å². The predicted molar refractivity (Wildman–Crippen MR) is 92.3 cm³/mol. The minimum atomic E-state index is 0.882. The molecule has 108 valence electrons. The second-order valence-electron chi connectivity index (χ2n) is 5.87. The third-order valence-electron chi connectivity index (χ3n) is 4.60. The molecule has 2 heteroatoms. The average molecular weight is 286 g/mol. The van der Waals surface area contributed by atoms with Gasteiger partial charge in [-0.2, -0.15) is 0 Å². The Labute approximate surface area is 130 Å². The summed E-state index contributed by atoms with van der Waals surface area (Å²) >= 11 is 0. The molecule has 0 amide bonds. The van der Waals surface area contributed by atoms with Crippen LogP contribution in [-0.2, 0) is 6.54 Å². The summed E-state index contributed by atoms with van der Waals surface area (Å²) in [5.41, 5.74) is 5.20. The topological polar surface area (TPSA) is 17.8 Å². The zero-order valence-corrected chi connectivity index (χ0v) is 12.9. The minimum absolute atomic E-state index is 0.882. The van der Waals surface area contributed by atoms with E-state index >= 15 is 0 Å². The van der Waals surface area contributed by atoms with E-state index in [1.54, 1.807) is 0 Å². The van der Waals surface area contributed by atoms with Crippen molar-refractivity contribution in [3.8, 4) is 0 Å². The molecular formula is C20H18N2. The quantitative estimate of drug-likeness (QED) is 0.515. The molecule has 0 atom stereocenters. The van der Waals surface area contributed by atoms with Crippen molar-refractivity contribution in [2.75, 3.05) is 0 Å². The molecule has 2 nitrogen and oxygen atoms in total. The van der Waals surface area contributed by atoms with E-state index in [0.717, 1.165) is 6.54 Å². The molecule has 4 rings (SSSR count). The van der Waals surface area contributed by atoms with Crippen LogP contribution in [0.2, 0.25) is 0 Å². The summed E-state index contributed by atoms with van der Waals surface area (Å²) in [6.07, 6.45) is 3.84. The highest BCUT2D eigenvalue weighted by Gasteiger charge is 2.11. The Morgan fingerprint density at radius 1 is 0.955 bits per heavy atom. The van der Waals surface area contributed by atoms with E-state index in [0.29, 0.717) is 0 Å². The lowest BCUT2D eigenvalue weighted by molar-refractivity contribution is 0.800. The first-order valence-electron chi connectivity index (χ1n) is 7.61. The van der Waals surface area contributed by atoms with Crippen molar-refractivity contribution in [3.63, 3.8) is 0 Å². The summed E-state index contributed by atoms with van der Waals surface area (Å²) in [5, 5.41) is 3.88. The number of rotatable bonds is 2. The van der Waals surface area contributed by atoms with Crippen LogP contribution in [-0.4, -0.2) is 9.55 Å². The molecular weight excluding hydrogens is 268 g/mol. The van der Waals surface area contributed by atoms with Crippen molar-refractivity contribution in [3.05, 3.63) is 77.7 Å². The first kappa shape index (κ1) is 13.1. The molecule has 0 saturated carbocycles. The van der Waals surface area contributed by atoms with Gasteiger partial charge in [-0.25, -0.2) is 0 Å². The minimum Gasteiger partial charge on any atom is -0.339 e. The van der Waals surface area contributed by atoms with E-state index in [9.17, 15) is 0 Å². The molecule has 22 heavy (non-hydrogen) atoms. The van der Waals surface area contributed by atoms with Crippen molar-refractivity contribution in [2.24, 2.45) is 0 Å². The Kier molecular flexibility index (Phi) is 2.97. The van der Waals surface area contributed by atoms with Crippen LogP contribution < -0.4 is 0 Å². The van der Waals surface area contributed by atoms with Crippen molar-refractivity contribution in [1.29, 1.82) is 0 Å². The lowest BCUT2D eigenvalue weighted by Gasteiger charge is -2.09. The lowest BCUT2D eigenvalue weighted by atomic mass is 10.1. The van der Waals surface area contributed by atoms with E-state index in [4.69, 9.17) is 0 Å². The fraction of sp³-hybridized carbons (Fsp3) is 0.150. The third kappa shape index (κ3) is 2.00. The van der Waals surface area contributed by atoms with Gasteiger partial charge in [-0.3, -0.25) is 4.98 Å². The Hall–Kier alpha value is -2.61. The van der Waals surface area contributed by atoms with Gasteiger partial charge in [0, 0.05) is 23.8 Å². The molecule has 2 heterocycles. The smallest absolute Gasteiger partial charge is 0.0674 e. The molecule has 0 N–H and O–H groups in total. The van der Waals surface area contributed by atoms with Crippen LogP contribution in [0.1, 0.15) is 16.8 Å². The highest BCUT2D eigenvalue weighted by atomic mass is 15.0. The van der Waals surface area contributed by atoms with Gasteiger partial charge >= 0.3 is 0 Å². The van der Waals surface area contributed by atoms with E-state index in [1.165, 1.54) is 38.5 Å². The molecule has 0 radical (unpaired) electrons. The SMILES string of the molecule is Cc1c(C)n(Cc2ccc3ccccc3c2)c2cnccc12. The third-order valence-corrected chi connectivity index (χ3v) is 4.60. The Morgan fingerprint density at radius 2 is 1.77 bits per heavy atom. The average Bonchev–Trinajstić information content (AvgIpc) is 2.80. The maximum Gasteiger partial charge on any atom is 0.0674 e. The number of aryl methyl sites for hydroxylation is 1. The monoisotopic (exact) mass is 286 g/mol. The van der Waals surface area contributed by atoms with Crippen molar-refractivity contribution in [1.82, 2.24) is 9.55 Å². The first-order chi connectivity index (χ1) is 10.7. The fourth-order valence-electron chi connectivity index (χ4n) is 3.22. The molecule has 0 unspecified atom stereocenters. The molecule has 0 bridgehead atoms. The lowest BCUT2D eigenvalue weighted by Crippen LogP contribution is -2.02. The van der Waals surface area contributed by atoms with Gasteiger partial charge in [-0.05, 0) is 47.9 Å². The summed E-state index contributed by atoms with van der Waals surface area (Å²) in [7, 11) is 0. The summed E-state index contributed by atoms with van der Waals surface area (Å²) in [5.74, 6) is 0. The van der Waals surface area contributed by atoms with Crippen LogP contribution >= 0.6 is 0 Å². The summed E-state index contributed by atoms with van der Waals surface area (Å²) in [4.78, 5) is 4.30. The summed E-state index contributed by atoms with van der Waals surface area (Å²) in [6, 6.07) is 17.3. The molecule has 4 aromatic rings. The van der Waals surface area contributed by atoms with Gasteiger partial charge in [-0.1, -0.05) is 36.4 Å². The van der Waals surface area contributed by atoms with Crippen molar-refractivity contribution in [2.45, 2.75) is 20.4 Å². The largest absolute Gasteiger partial charge is 0.339 e. The zero-order valence-electron chi connectivity index (χ0n) is 12.9. The van der Waals surface area contributed by atoms with Gasteiger partial charge in [0.25, 0.3) is 0 Å². The number of hydrogen-bond donors (Lipinski definition) is 0. The normalized spacial score (nSPS) is 11.4. The second-order valence-corrected chi connectivity index (χ2v) is 5.87. The Balaban J connectivity index is 1.84. The zero-order chi connectivity index (χ0) is 15.1. The molecule has 0 spiro atoms. The van der Waals surface area contributed by atoms with Crippen LogP contribution in [0.5, 0.6) is 0 Å². The fourth-order valence-corrected chi connectivity index (χ4v) is 3.22. The number of hydrogen-bond acceptors (Lipinski definition) is 1. The maximum atomic E-state index is 4.30. The van der Waals surface area contributed by atoms with Gasteiger partial charge in [0.15, 0.2) is 0 Å². The molecule has 0 aliphatic carbocycles. The highest BCUT2D eigenvalue weighted by molar-refractivity contribution is 5.85. The number of fused-ring (bicyclic) bond motifs is 2. The van der Waals surface area contributed by atoms with E-state index in [2.05, 4.69) is 71.9 Å². The Morgan fingerprint density at radius 3 is 2.64 bits per heavy atom. The Bertz CT molecular complexity index is 980. The van der Waals surface area contributed by atoms with E-state index in [1.807, 2.05) is 12.4 Å². The highest BCUT2D eigenvalue weighted by Crippen LogP contribution is 2.26. The molecule has 0 aliphatic heterocycles. The second kappa shape index (κ2) is 4.99.